The number of nitrogens with zero attached hydrogens (tertiary/aromatic N) is 3. The normalized spacial score (nSPS) is 12.1. The molecule has 0 atom stereocenters. The molecule has 1 amide bonds. The number of aromatic nitrogens is 2. The van der Waals surface area contributed by atoms with E-state index in [4.69, 9.17) is 14.6 Å². The van der Waals surface area contributed by atoms with Crippen LogP contribution in [0.5, 0.6) is 0 Å². The van der Waals surface area contributed by atoms with E-state index in [9.17, 15) is 19.2 Å². The zero-order chi connectivity index (χ0) is 50.6. The Bertz CT molecular complexity index is 3060. The number of hydrogen-bond acceptors (Lipinski definition) is 8. The van der Waals surface area contributed by atoms with E-state index in [-0.39, 0.29) is 30.7 Å². The number of benzene rings is 6. The van der Waals surface area contributed by atoms with Gasteiger partial charge in [0, 0.05) is 61.0 Å². The lowest BCUT2D eigenvalue weighted by molar-refractivity contribution is -0.142. The number of carboxylic acids is 1. The molecule has 8 aromatic rings. The Morgan fingerprint density at radius 3 is 1.48 bits per heavy atom. The van der Waals surface area contributed by atoms with Gasteiger partial charge in [0.2, 0.25) is 0 Å². The van der Waals surface area contributed by atoms with Crippen LogP contribution < -0.4 is 4.90 Å². The van der Waals surface area contributed by atoms with Gasteiger partial charge in [0.25, 0.3) is 5.91 Å². The monoisotopic (exact) mass is 969 g/mol. The number of ether oxygens (including phenoxy) is 2. The summed E-state index contributed by atoms with van der Waals surface area (Å²) in [6, 6.07) is 55.9. The summed E-state index contributed by atoms with van der Waals surface area (Å²) in [4.78, 5) is 57.8. The van der Waals surface area contributed by atoms with E-state index >= 15 is 0 Å². The fraction of sp³-hybridized carbons (Fsp3) is 0.206. The van der Waals surface area contributed by atoms with Crippen LogP contribution in [0.25, 0.3) is 22.3 Å². The Hall–Kier alpha value is -8.18. The highest BCUT2D eigenvalue weighted by Crippen LogP contribution is 2.33. The second-order valence-electron chi connectivity index (χ2n) is 18.1. The van der Waals surface area contributed by atoms with E-state index in [0.29, 0.717) is 39.0 Å². The van der Waals surface area contributed by atoms with Crippen LogP contribution in [0.4, 0.5) is 5.69 Å². The Kier molecular flexibility index (Phi) is 18.5. The van der Waals surface area contributed by atoms with Gasteiger partial charge in [-0.15, -0.1) is 0 Å². The van der Waals surface area contributed by atoms with E-state index < -0.39 is 5.97 Å². The maximum atomic E-state index is 12.8. The van der Waals surface area contributed by atoms with Crippen LogP contribution in [0.3, 0.4) is 0 Å². The molecule has 10 heteroatoms. The molecule has 368 valence electrons. The summed E-state index contributed by atoms with van der Waals surface area (Å²) in [6.45, 7) is 1.26. The second kappa shape index (κ2) is 26.3. The third-order valence-corrected chi connectivity index (χ3v) is 12.9. The number of aliphatic carboxylic acids is 1. The zero-order valence-corrected chi connectivity index (χ0v) is 40.9. The molecule has 1 aliphatic heterocycles. The number of carbonyl (C=O) groups excluding carboxylic acids is 3. The Morgan fingerprint density at radius 1 is 0.479 bits per heavy atom. The lowest BCUT2D eigenvalue weighted by Gasteiger charge is -2.18. The highest BCUT2D eigenvalue weighted by molar-refractivity contribution is 5.98. The molecule has 1 aliphatic carbocycles. The van der Waals surface area contributed by atoms with Gasteiger partial charge in [-0.05, 0) is 124 Å². The van der Waals surface area contributed by atoms with Gasteiger partial charge >= 0.3 is 5.97 Å². The first kappa shape index (κ1) is 51.2. The number of rotatable bonds is 18. The standard InChI is InChI=1S/C31H28N2O3.C23H21NO.C9H10O3/c34-30(15-8-23-7-4-17-32-20-23)26-11-9-25(10-12-26)27-13-14-29-28(19-27)16-18-33(29)31(35)22-36-21-24-5-2-1-3-6-24;25-23(13-6-17-3-2-14-24-16-17)20-10-7-19(8-11-20)22-12-9-18-4-1-5-21(18)15-22;10-9(11)7-12-6-8-4-2-1-3-5-8/h1-7,9-14,17,19-20H,8,15-16,18,21-22H2;2-3,7-12,14-16H,1,4-6,13H2;1-5H,6-7H2,(H,10,11). The van der Waals surface area contributed by atoms with Crippen molar-refractivity contribution in [2.45, 2.75) is 64.6 Å². The molecule has 0 fully saturated rings. The average Bonchev–Trinajstić information content (AvgIpc) is 4.11. The van der Waals surface area contributed by atoms with E-state index in [1.807, 2.05) is 145 Å². The van der Waals surface area contributed by atoms with E-state index in [1.54, 1.807) is 18.6 Å². The molecule has 0 spiro atoms. The summed E-state index contributed by atoms with van der Waals surface area (Å²) in [7, 11) is 0. The molecule has 73 heavy (non-hydrogen) atoms. The van der Waals surface area contributed by atoms with Crippen molar-refractivity contribution in [3.05, 3.63) is 245 Å². The number of anilines is 1. The highest BCUT2D eigenvalue weighted by Gasteiger charge is 2.25. The predicted octanol–water partition coefficient (Wildman–Crippen LogP) is 12.0. The average molecular weight is 970 g/mol. The molecule has 3 heterocycles. The molecule has 0 saturated heterocycles. The second-order valence-corrected chi connectivity index (χ2v) is 18.1. The summed E-state index contributed by atoms with van der Waals surface area (Å²) in [5.41, 5.74) is 15.3. The summed E-state index contributed by atoms with van der Waals surface area (Å²) in [6.07, 6.45) is 14.0. The SMILES string of the molecule is O=C(CCc1cccnc1)c1ccc(-c2ccc3c(c2)CCC3)cc1.O=C(CCc1cccnc1)c1ccc(-c2ccc3c(c2)CCN3C(=O)COCc2ccccc2)cc1.O=C(O)COCc1ccccc1. The van der Waals surface area contributed by atoms with Crippen LogP contribution in [-0.2, 0) is 64.4 Å². The van der Waals surface area contributed by atoms with Crippen LogP contribution >= 0.6 is 0 Å². The number of Topliss-reactive ketones (excluding diaryl/α,β-unsaturated/α-hetero) is 2. The van der Waals surface area contributed by atoms with Gasteiger partial charge in [-0.2, -0.15) is 0 Å². The topological polar surface area (TPSA) is 136 Å². The smallest absolute Gasteiger partial charge is 0.329 e. The third kappa shape index (κ3) is 15.2. The summed E-state index contributed by atoms with van der Waals surface area (Å²) in [5.74, 6) is -0.648. The van der Waals surface area contributed by atoms with Crippen molar-refractivity contribution in [3.63, 3.8) is 0 Å². The molecule has 10 rings (SSSR count). The van der Waals surface area contributed by atoms with Gasteiger partial charge in [-0.1, -0.05) is 146 Å². The zero-order valence-electron chi connectivity index (χ0n) is 40.9. The fourth-order valence-electron chi connectivity index (χ4n) is 8.92. The van der Waals surface area contributed by atoms with Crippen LogP contribution in [0.15, 0.2) is 195 Å². The Labute approximate surface area is 427 Å². The summed E-state index contributed by atoms with van der Waals surface area (Å²) >= 11 is 0. The van der Waals surface area contributed by atoms with Gasteiger partial charge in [0.1, 0.15) is 13.2 Å². The van der Waals surface area contributed by atoms with Crippen molar-refractivity contribution in [1.29, 1.82) is 0 Å². The van der Waals surface area contributed by atoms with Crippen molar-refractivity contribution < 1.29 is 33.8 Å². The molecule has 0 unspecified atom stereocenters. The van der Waals surface area contributed by atoms with Crippen molar-refractivity contribution in [1.82, 2.24) is 9.97 Å². The molecule has 0 saturated carbocycles. The molecule has 2 aromatic heterocycles. The highest BCUT2D eigenvalue weighted by atomic mass is 16.5. The van der Waals surface area contributed by atoms with Gasteiger partial charge in [-0.25, -0.2) is 4.79 Å². The minimum absolute atomic E-state index is 0.0217. The van der Waals surface area contributed by atoms with Gasteiger partial charge in [0.15, 0.2) is 11.6 Å². The van der Waals surface area contributed by atoms with Crippen LogP contribution in [0.1, 0.15) is 78.9 Å². The molecular formula is C63H59N3O7. The lowest BCUT2D eigenvalue weighted by atomic mass is 9.98. The first-order valence-electron chi connectivity index (χ1n) is 24.8. The van der Waals surface area contributed by atoms with Crippen LogP contribution in [-0.4, -0.2) is 58.3 Å². The van der Waals surface area contributed by atoms with Crippen LogP contribution in [0.2, 0.25) is 0 Å². The van der Waals surface area contributed by atoms with E-state index in [0.717, 1.165) is 68.6 Å². The Balaban J connectivity index is 0.000000165. The molecule has 6 aromatic carbocycles. The number of fused-ring (bicyclic) bond motifs is 2. The van der Waals surface area contributed by atoms with Gasteiger partial charge < -0.3 is 19.5 Å². The van der Waals surface area contributed by atoms with Crippen molar-refractivity contribution in [2.75, 3.05) is 24.7 Å². The molecule has 0 radical (unpaired) electrons. The number of hydrogen-bond donors (Lipinski definition) is 1. The molecular weight excluding hydrogens is 911 g/mol. The third-order valence-electron chi connectivity index (χ3n) is 12.9. The molecule has 2 aliphatic rings. The quantitative estimate of drug-likeness (QED) is 0.0834. The maximum absolute atomic E-state index is 12.8. The minimum Gasteiger partial charge on any atom is -0.480 e. The molecule has 1 N–H and O–H groups in total. The van der Waals surface area contributed by atoms with Crippen molar-refractivity contribution >= 4 is 29.1 Å². The van der Waals surface area contributed by atoms with Crippen molar-refractivity contribution in [2.24, 2.45) is 0 Å². The predicted molar refractivity (Wildman–Crippen MR) is 285 cm³/mol. The number of ketones is 2. The summed E-state index contributed by atoms with van der Waals surface area (Å²) < 4.78 is 10.5. The van der Waals surface area contributed by atoms with Crippen molar-refractivity contribution in [3.8, 4) is 22.3 Å². The molecule has 0 bridgehead atoms. The maximum Gasteiger partial charge on any atom is 0.329 e. The number of amides is 1. The molecule has 10 nitrogen and oxygen atoms in total. The fourth-order valence-corrected chi connectivity index (χ4v) is 8.92. The number of aryl methyl sites for hydroxylation is 4. The Morgan fingerprint density at radius 2 is 0.959 bits per heavy atom. The number of carbonyl (C=O) groups is 4. The van der Waals surface area contributed by atoms with Gasteiger partial charge in [-0.3, -0.25) is 24.4 Å². The largest absolute Gasteiger partial charge is 0.480 e. The minimum atomic E-state index is -0.939. The number of carboxylic acid groups (broad SMARTS) is 1. The first-order valence-corrected chi connectivity index (χ1v) is 24.8. The number of pyridine rings is 2. The van der Waals surface area contributed by atoms with Gasteiger partial charge in [0.05, 0.1) is 13.2 Å². The van der Waals surface area contributed by atoms with E-state index in [1.165, 1.54) is 41.5 Å². The lowest BCUT2D eigenvalue weighted by Crippen LogP contribution is -2.32. The van der Waals surface area contributed by atoms with Crippen LogP contribution in [0, 0.1) is 0 Å². The first-order chi connectivity index (χ1) is 35.8. The van der Waals surface area contributed by atoms with E-state index in [2.05, 4.69) is 46.4 Å². The summed E-state index contributed by atoms with van der Waals surface area (Å²) in [5, 5.41) is 8.27.